The number of rotatable bonds is 0. The Bertz CT molecular complexity index is 291. The standard InChI is InChI=1S/C8H10N2/c1-5-3-7-8(9-5)4-6(2)10-7/h3-4,9-10H,1-2H3. The van der Waals surface area contributed by atoms with Gasteiger partial charge < -0.3 is 9.97 Å². The second-order valence-corrected chi connectivity index (χ2v) is 2.73. The first kappa shape index (κ1) is 5.59. The molecule has 0 spiro atoms. The first-order chi connectivity index (χ1) is 4.75. The van der Waals surface area contributed by atoms with Gasteiger partial charge in [-0.25, -0.2) is 0 Å². The Labute approximate surface area is 59.3 Å². The molecule has 0 aliphatic heterocycles. The number of H-pyrrole nitrogens is 2. The van der Waals surface area contributed by atoms with E-state index in [9.17, 15) is 0 Å². The Morgan fingerprint density at radius 3 is 1.70 bits per heavy atom. The Morgan fingerprint density at radius 1 is 0.900 bits per heavy atom. The van der Waals surface area contributed by atoms with E-state index in [1.807, 2.05) is 0 Å². The van der Waals surface area contributed by atoms with Crippen LogP contribution in [0.4, 0.5) is 0 Å². The van der Waals surface area contributed by atoms with Crippen molar-refractivity contribution >= 4 is 11.0 Å². The molecule has 0 saturated heterocycles. The summed E-state index contributed by atoms with van der Waals surface area (Å²) in [7, 11) is 0. The number of aryl methyl sites for hydroxylation is 2. The summed E-state index contributed by atoms with van der Waals surface area (Å²) in [5.41, 5.74) is 4.83. The highest BCUT2D eigenvalue weighted by Gasteiger charge is 1.97. The number of aromatic nitrogens is 2. The molecule has 2 heterocycles. The Hall–Kier alpha value is -1.18. The lowest BCUT2D eigenvalue weighted by molar-refractivity contribution is 1.27. The summed E-state index contributed by atoms with van der Waals surface area (Å²) >= 11 is 0. The molecule has 0 fully saturated rings. The lowest BCUT2D eigenvalue weighted by Crippen LogP contribution is -1.67. The van der Waals surface area contributed by atoms with Crippen molar-refractivity contribution < 1.29 is 0 Å². The molecule has 10 heavy (non-hydrogen) atoms. The molecule has 0 radical (unpaired) electrons. The second kappa shape index (κ2) is 1.66. The van der Waals surface area contributed by atoms with Gasteiger partial charge in [0.05, 0.1) is 11.0 Å². The van der Waals surface area contributed by atoms with Gasteiger partial charge in [0.1, 0.15) is 0 Å². The average molecular weight is 134 g/mol. The summed E-state index contributed by atoms with van der Waals surface area (Å²) < 4.78 is 0. The van der Waals surface area contributed by atoms with Crippen LogP contribution in [0.25, 0.3) is 11.0 Å². The summed E-state index contributed by atoms with van der Waals surface area (Å²) in [6, 6.07) is 4.23. The molecule has 0 unspecified atom stereocenters. The largest absolute Gasteiger partial charge is 0.357 e. The van der Waals surface area contributed by atoms with Crippen LogP contribution in [0.3, 0.4) is 0 Å². The topological polar surface area (TPSA) is 31.6 Å². The van der Waals surface area contributed by atoms with E-state index in [0.29, 0.717) is 0 Å². The molecule has 2 heteroatoms. The zero-order valence-corrected chi connectivity index (χ0v) is 6.15. The first-order valence-electron chi connectivity index (χ1n) is 3.40. The van der Waals surface area contributed by atoms with Crippen molar-refractivity contribution in [1.29, 1.82) is 0 Å². The molecule has 52 valence electrons. The molecular weight excluding hydrogens is 124 g/mol. The van der Waals surface area contributed by atoms with E-state index in [0.717, 1.165) is 0 Å². The van der Waals surface area contributed by atoms with Gasteiger partial charge in [0.2, 0.25) is 0 Å². The van der Waals surface area contributed by atoms with Crippen LogP contribution in [0, 0.1) is 13.8 Å². The predicted molar refractivity (Wildman–Crippen MR) is 42.1 cm³/mol. The van der Waals surface area contributed by atoms with E-state index in [2.05, 4.69) is 35.9 Å². The highest BCUT2D eigenvalue weighted by Crippen LogP contribution is 2.14. The van der Waals surface area contributed by atoms with Gasteiger partial charge in [0.15, 0.2) is 0 Å². The third-order valence-electron chi connectivity index (χ3n) is 1.68. The monoisotopic (exact) mass is 134 g/mol. The molecule has 0 aliphatic carbocycles. The lowest BCUT2D eigenvalue weighted by Gasteiger charge is -1.79. The quantitative estimate of drug-likeness (QED) is 0.553. The fraction of sp³-hybridized carbons (Fsp3) is 0.250. The third-order valence-corrected chi connectivity index (χ3v) is 1.68. The predicted octanol–water partition coefficient (Wildman–Crippen LogP) is 2.11. The summed E-state index contributed by atoms with van der Waals surface area (Å²) in [6.07, 6.45) is 0. The van der Waals surface area contributed by atoms with Crippen molar-refractivity contribution in [3.63, 3.8) is 0 Å². The van der Waals surface area contributed by atoms with E-state index in [4.69, 9.17) is 0 Å². The van der Waals surface area contributed by atoms with Crippen LogP contribution >= 0.6 is 0 Å². The molecule has 0 bridgehead atoms. The van der Waals surface area contributed by atoms with Crippen LogP contribution in [0.2, 0.25) is 0 Å². The van der Waals surface area contributed by atoms with Crippen molar-refractivity contribution in [1.82, 2.24) is 9.97 Å². The highest BCUT2D eigenvalue weighted by molar-refractivity contribution is 5.77. The number of aromatic amines is 2. The molecule has 2 nitrogen and oxygen atoms in total. The lowest BCUT2D eigenvalue weighted by atomic mass is 10.4. The fourth-order valence-electron chi connectivity index (χ4n) is 1.29. The van der Waals surface area contributed by atoms with Gasteiger partial charge in [0, 0.05) is 11.4 Å². The zero-order chi connectivity index (χ0) is 7.14. The first-order valence-corrected chi connectivity index (χ1v) is 3.40. The SMILES string of the molecule is Cc1cc2[nH]c(C)cc2[nH]1. The van der Waals surface area contributed by atoms with Crippen LogP contribution in [-0.2, 0) is 0 Å². The van der Waals surface area contributed by atoms with Gasteiger partial charge in [-0.3, -0.25) is 0 Å². The van der Waals surface area contributed by atoms with Gasteiger partial charge in [-0.2, -0.15) is 0 Å². The Balaban J connectivity index is 2.83. The van der Waals surface area contributed by atoms with Crippen molar-refractivity contribution in [2.75, 3.05) is 0 Å². The smallest absolute Gasteiger partial charge is 0.0638 e. The molecule has 0 aliphatic rings. The normalized spacial score (nSPS) is 11.0. The van der Waals surface area contributed by atoms with Gasteiger partial charge in [-0.15, -0.1) is 0 Å². The maximum Gasteiger partial charge on any atom is 0.0638 e. The Morgan fingerprint density at radius 2 is 1.30 bits per heavy atom. The minimum atomic E-state index is 1.20. The summed E-state index contributed by atoms with van der Waals surface area (Å²) in [6.45, 7) is 4.12. The maximum atomic E-state index is 3.25. The summed E-state index contributed by atoms with van der Waals surface area (Å²) in [5.74, 6) is 0. The van der Waals surface area contributed by atoms with Crippen LogP contribution in [0.1, 0.15) is 11.4 Å². The van der Waals surface area contributed by atoms with E-state index in [-0.39, 0.29) is 0 Å². The third kappa shape index (κ3) is 0.652. The van der Waals surface area contributed by atoms with Crippen molar-refractivity contribution in [2.24, 2.45) is 0 Å². The van der Waals surface area contributed by atoms with Crippen molar-refractivity contribution in [2.45, 2.75) is 13.8 Å². The molecule has 2 aromatic heterocycles. The van der Waals surface area contributed by atoms with Crippen molar-refractivity contribution in [3.8, 4) is 0 Å². The van der Waals surface area contributed by atoms with E-state index in [1.165, 1.54) is 22.4 Å². The highest BCUT2D eigenvalue weighted by atomic mass is 14.8. The minimum Gasteiger partial charge on any atom is -0.357 e. The van der Waals surface area contributed by atoms with E-state index < -0.39 is 0 Å². The number of fused-ring (bicyclic) bond motifs is 1. The average Bonchev–Trinajstić information content (AvgIpc) is 2.21. The van der Waals surface area contributed by atoms with Gasteiger partial charge in [0.25, 0.3) is 0 Å². The maximum absolute atomic E-state index is 3.25. The molecule has 0 saturated carbocycles. The minimum absolute atomic E-state index is 1.20. The molecular formula is C8H10N2. The molecule has 2 N–H and O–H groups in total. The van der Waals surface area contributed by atoms with Crippen molar-refractivity contribution in [3.05, 3.63) is 23.5 Å². The molecule has 0 amide bonds. The van der Waals surface area contributed by atoms with Crippen LogP contribution in [0.5, 0.6) is 0 Å². The van der Waals surface area contributed by atoms with Gasteiger partial charge >= 0.3 is 0 Å². The molecule has 2 aromatic rings. The molecule has 0 aromatic carbocycles. The number of hydrogen-bond donors (Lipinski definition) is 2. The van der Waals surface area contributed by atoms with Gasteiger partial charge in [-0.05, 0) is 26.0 Å². The van der Waals surface area contributed by atoms with Crippen LogP contribution in [-0.4, -0.2) is 9.97 Å². The van der Waals surface area contributed by atoms with Crippen LogP contribution < -0.4 is 0 Å². The van der Waals surface area contributed by atoms with E-state index in [1.54, 1.807) is 0 Å². The second-order valence-electron chi connectivity index (χ2n) is 2.73. The van der Waals surface area contributed by atoms with E-state index >= 15 is 0 Å². The Kier molecular flexibility index (Phi) is 0.926. The van der Waals surface area contributed by atoms with Crippen LogP contribution in [0.15, 0.2) is 12.1 Å². The summed E-state index contributed by atoms with van der Waals surface area (Å²) in [4.78, 5) is 6.50. The molecule has 2 rings (SSSR count). The van der Waals surface area contributed by atoms with Gasteiger partial charge in [-0.1, -0.05) is 0 Å². The fourth-order valence-corrected chi connectivity index (χ4v) is 1.29. The zero-order valence-electron chi connectivity index (χ0n) is 6.15. The summed E-state index contributed by atoms with van der Waals surface area (Å²) in [5, 5.41) is 0. The number of nitrogens with one attached hydrogen (secondary N) is 2. The molecule has 0 atom stereocenters. The number of hydrogen-bond acceptors (Lipinski definition) is 0.